The molecule has 1 aromatic carbocycles. The first-order chi connectivity index (χ1) is 7.88. The maximum absolute atomic E-state index is 12.0. The molecule has 0 fully saturated rings. The fourth-order valence-electron chi connectivity index (χ4n) is 1.38. The molecule has 96 valence electrons. The average molecular weight is 296 g/mol. The van der Waals surface area contributed by atoms with E-state index in [1.54, 1.807) is 13.0 Å². The Morgan fingerprint density at radius 1 is 1.24 bits per heavy atom. The van der Waals surface area contributed by atoms with E-state index >= 15 is 0 Å². The van der Waals surface area contributed by atoms with Crippen molar-refractivity contribution in [1.82, 2.24) is 4.72 Å². The molecule has 0 saturated heterocycles. The first-order valence-corrected chi connectivity index (χ1v) is 7.57. The lowest BCUT2D eigenvalue weighted by Crippen LogP contribution is -2.25. The Balaban J connectivity index is 3.03. The number of halogens is 2. The summed E-state index contributed by atoms with van der Waals surface area (Å²) in [6.45, 7) is 4.12. The molecule has 0 aliphatic rings. The van der Waals surface area contributed by atoms with E-state index < -0.39 is 10.0 Å². The van der Waals surface area contributed by atoms with Gasteiger partial charge in [0.15, 0.2) is 0 Å². The smallest absolute Gasteiger partial charge is 0.211 e. The molecule has 0 amide bonds. The standard InChI is InChI=1S/C11H15Cl2NO2S/c1-3-4-5-14-17(15,16)11-7-10(13)9(12)6-8(11)2/h6-7,14H,3-5H2,1-2H3. The third-order valence-corrected chi connectivity index (χ3v) is 4.65. The highest BCUT2D eigenvalue weighted by Gasteiger charge is 2.17. The van der Waals surface area contributed by atoms with Crippen molar-refractivity contribution >= 4 is 33.2 Å². The number of rotatable bonds is 5. The zero-order valence-corrected chi connectivity index (χ0v) is 12.1. The fourth-order valence-corrected chi connectivity index (χ4v) is 3.15. The second-order valence-electron chi connectivity index (χ2n) is 3.78. The van der Waals surface area contributed by atoms with E-state index in [0.29, 0.717) is 17.1 Å². The van der Waals surface area contributed by atoms with Gasteiger partial charge in [0.05, 0.1) is 14.9 Å². The third-order valence-electron chi connectivity index (χ3n) is 2.33. The van der Waals surface area contributed by atoms with Gasteiger partial charge in [0.25, 0.3) is 0 Å². The molecule has 0 unspecified atom stereocenters. The monoisotopic (exact) mass is 295 g/mol. The average Bonchev–Trinajstić information content (AvgIpc) is 2.23. The van der Waals surface area contributed by atoms with Crippen molar-refractivity contribution in [3.05, 3.63) is 27.7 Å². The molecular formula is C11H15Cl2NO2S. The van der Waals surface area contributed by atoms with E-state index in [9.17, 15) is 8.42 Å². The van der Waals surface area contributed by atoms with Crippen LogP contribution in [0.5, 0.6) is 0 Å². The lowest BCUT2D eigenvalue weighted by atomic mass is 10.2. The van der Waals surface area contributed by atoms with Gasteiger partial charge in [-0.3, -0.25) is 0 Å². The normalized spacial score (nSPS) is 11.8. The summed E-state index contributed by atoms with van der Waals surface area (Å²) in [4.78, 5) is 0.183. The Labute approximate surface area is 112 Å². The second kappa shape index (κ2) is 6.05. The summed E-state index contributed by atoms with van der Waals surface area (Å²) in [5, 5.41) is 0.602. The lowest BCUT2D eigenvalue weighted by molar-refractivity contribution is 0.578. The number of unbranched alkanes of at least 4 members (excludes halogenated alkanes) is 1. The minimum atomic E-state index is -3.50. The highest BCUT2D eigenvalue weighted by molar-refractivity contribution is 7.89. The molecule has 0 spiro atoms. The Kier molecular flexibility index (Phi) is 5.25. The first-order valence-electron chi connectivity index (χ1n) is 5.33. The van der Waals surface area contributed by atoms with Crippen LogP contribution < -0.4 is 4.72 Å². The van der Waals surface area contributed by atoms with Crippen molar-refractivity contribution < 1.29 is 8.42 Å². The van der Waals surface area contributed by atoms with Crippen LogP contribution in [0.25, 0.3) is 0 Å². The van der Waals surface area contributed by atoms with Crippen LogP contribution in [0, 0.1) is 6.92 Å². The Hall–Kier alpha value is -0.290. The van der Waals surface area contributed by atoms with Crippen molar-refractivity contribution in [3.63, 3.8) is 0 Å². The summed E-state index contributed by atoms with van der Waals surface area (Å²) < 4.78 is 26.5. The summed E-state index contributed by atoms with van der Waals surface area (Å²) in [5.41, 5.74) is 0.586. The van der Waals surface area contributed by atoms with Crippen molar-refractivity contribution in [2.75, 3.05) is 6.54 Å². The molecule has 0 atom stereocenters. The molecule has 0 aliphatic heterocycles. The van der Waals surface area contributed by atoms with Gasteiger partial charge < -0.3 is 0 Å². The van der Waals surface area contributed by atoms with Gasteiger partial charge in [-0.25, -0.2) is 13.1 Å². The number of benzene rings is 1. The topological polar surface area (TPSA) is 46.2 Å². The molecule has 3 nitrogen and oxygen atoms in total. The van der Waals surface area contributed by atoms with E-state index in [1.807, 2.05) is 6.92 Å². The minimum Gasteiger partial charge on any atom is -0.211 e. The molecule has 0 aromatic heterocycles. The molecule has 0 saturated carbocycles. The van der Waals surface area contributed by atoms with Gasteiger partial charge in [-0.1, -0.05) is 36.5 Å². The van der Waals surface area contributed by atoms with E-state index in [-0.39, 0.29) is 9.92 Å². The maximum Gasteiger partial charge on any atom is 0.240 e. The fraction of sp³-hybridized carbons (Fsp3) is 0.455. The highest BCUT2D eigenvalue weighted by atomic mass is 35.5. The van der Waals surface area contributed by atoms with Crippen LogP contribution in [0.1, 0.15) is 25.3 Å². The predicted molar refractivity (Wildman–Crippen MR) is 71.3 cm³/mol. The highest BCUT2D eigenvalue weighted by Crippen LogP contribution is 2.27. The van der Waals surface area contributed by atoms with Crippen LogP contribution >= 0.6 is 23.2 Å². The number of sulfonamides is 1. The largest absolute Gasteiger partial charge is 0.240 e. The molecule has 6 heteroatoms. The van der Waals surface area contributed by atoms with Gasteiger partial charge in [-0.15, -0.1) is 0 Å². The number of nitrogens with one attached hydrogen (secondary N) is 1. The van der Waals surface area contributed by atoms with Crippen LogP contribution in [-0.4, -0.2) is 15.0 Å². The number of aryl methyl sites for hydroxylation is 1. The van der Waals surface area contributed by atoms with Gasteiger partial charge >= 0.3 is 0 Å². The zero-order valence-electron chi connectivity index (χ0n) is 9.76. The Morgan fingerprint density at radius 2 is 1.82 bits per heavy atom. The van der Waals surface area contributed by atoms with E-state index in [2.05, 4.69) is 4.72 Å². The molecular weight excluding hydrogens is 281 g/mol. The van der Waals surface area contributed by atoms with E-state index in [4.69, 9.17) is 23.2 Å². The van der Waals surface area contributed by atoms with E-state index in [0.717, 1.165) is 12.8 Å². The van der Waals surface area contributed by atoms with Crippen LogP contribution in [0.3, 0.4) is 0 Å². The second-order valence-corrected chi connectivity index (χ2v) is 6.33. The molecule has 1 aromatic rings. The van der Waals surface area contributed by atoms with Crippen molar-refractivity contribution in [2.24, 2.45) is 0 Å². The number of hydrogen-bond acceptors (Lipinski definition) is 2. The van der Waals surface area contributed by atoms with Crippen LogP contribution in [0.2, 0.25) is 10.0 Å². The molecule has 0 bridgehead atoms. The predicted octanol–water partition coefficient (Wildman–Crippen LogP) is 3.38. The van der Waals surface area contributed by atoms with Crippen LogP contribution in [0.15, 0.2) is 17.0 Å². The SMILES string of the molecule is CCCCNS(=O)(=O)c1cc(Cl)c(Cl)cc1C. The van der Waals surface area contributed by atoms with Crippen LogP contribution in [0.4, 0.5) is 0 Å². The molecule has 0 radical (unpaired) electrons. The summed E-state index contributed by atoms with van der Waals surface area (Å²) in [6, 6.07) is 2.94. The summed E-state index contributed by atoms with van der Waals surface area (Å²) in [7, 11) is -3.50. The molecule has 17 heavy (non-hydrogen) atoms. The molecule has 1 rings (SSSR count). The van der Waals surface area contributed by atoms with Gasteiger partial charge in [0, 0.05) is 6.54 Å². The lowest BCUT2D eigenvalue weighted by Gasteiger charge is -2.10. The molecule has 0 aliphatic carbocycles. The first kappa shape index (κ1) is 14.8. The van der Waals surface area contributed by atoms with Gasteiger partial charge in [0.1, 0.15) is 0 Å². The summed E-state index contributed by atoms with van der Waals surface area (Å²) in [6.07, 6.45) is 1.74. The summed E-state index contributed by atoms with van der Waals surface area (Å²) >= 11 is 11.6. The van der Waals surface area contributed by atoms with Gasteiger partial charge in [-0.2, -0.15) is 0 Å². The number of hydrogen-bond donors (Lipinski definition) is 1. The van der Waals surface area contributed by atoms with E-state index in [1.165, 1.54) is 6.07 Å². The summed E-state index contributed by atoms with van der Waals surface area (Å²) in [5.74, 6) is 0. The van der Waals surface area contributed by atoms with Crippen molar-refractivity contribution in [1.29, 1.82) is 0 Å². The third kappa shape index (κ3) is 3.85. The minimum absolute atomic E-state index is 0.183. The van der Waals surface area contributed by atoms with Crippen LogP contribution in [-0.2, 0) is 10.0 Å². The molecule has 1 N–H and O–H groups in total. The zero-order chi connectivity index (χ0) is 13.1. The Morgan fingerprint density at radius 3 is 2.41 bits per heavy atom. The molecule has 0 heterocycles. The van der Waals surface area contributed by atoms with Crippen molar-refractivity contribution in [2.45, 2.75) is 31.6 Å². The maximum atomic E-state index is 12.0. The van der Waals surface area contributed by atoms with Gasteiger partial charge in [-0.05, 0) is 31.0 Å². The quantitative estimate of drug-likeness (QED) is 0.847. The van der Waals surface area contributed by atoms with Gasteiger partial charge in [0.2, 0.25) is 10.0 Å². The Bertz CT molecular complexity index is 500. The van der Waals surface area contributed by atoms with Crippen molar-refractivity contribution in [3.8, 4) is 0 Å².